The molecule has 0 saturated heterocycles. The molecule has 0 aliphatic heterocycles. The van der Waals surface area contributed by atoms with Crippen LogP contribution in [0.3, 0.4) is 0 Å². The van der Waals surface area contributed by atoms with Crippen molar-refractivity contribution in [3.8, 4) is 5.88 Å². The lowest BCUT2D eigenvalue weighted by Crippen LogP contribution is -2.16. The maximum absolute atomic E-state index is 13.7. The second-order valence-corrected chi connectivity index (χ2v) is 6.69. The monoisotopic (exact) mass is 395 g/mol. The molecule has 0 aliphatic rings. The molecule has 0 fully saturated rings. The highest BCUT2D eigenvalue weighted by molar-refractivity contribution is 9.10. The highest BCUT2D eigenvalue weighted by Gasteiger charge is 2.21. The number of aromatic nitrogens is 2. The molecule has 0 aliphatic carbocycles. The van der Waals surface area contributed by atoms with E-state index in [9.17, 15) is 12.8 Å². The maximum Gasteiger partial charge on any atom is 0.267 e. The number of rotatable bonds is 4. The van der Waals surface area contributed by atoms with Crippen LogP contribution in [0.15, 0.2) is 33.6 Å². The van der Waals surface area contributed by atoms with E-state index in [1.165, 1.54) is 19.2 Å². The van der Waals surface area contributed by atoms with Gasteiger partial charge in [0.15, 0.2) is 0 Å². The molecule has 0 atom stereocenters. The van der Waals surface area contributed by atoms with E-state index in [-0.39, 0.29) is 17.0 Å². The van der Waals surface area contributed by atoms with Crippen LogP contribution in [0, 0.1) is 5.82 Å². The van der Waals surface area contributed by atoms with Crippen LogP contribution in [0.2, 0.25) is 5.15 Å². The summed E-state index contributed by atoms with van der Waals surface area (Å²) in [6, 6.07) is 4.86. The number of methoxy groups -OCH3 is 1. The molecular weight excluding hydrogens is 389 g/mol. The molecule has 1 aromatic heterocycles. The van der Waals surface area contributed by atoms with Crippen LogP contribution < -0.4 is 9.46 Å². The summed E-state index contributed by atoms with van der Waals surface area (Å²) in [6.07, 6.45) is 0. The molecule has 1 aromatic carbocycles. The number of benzene rings is 1. The van der Waals surface area contributed by atoms with E-state index in [2.05, 4.69) is 25.9 Å². The molecule has 21 heavy (non-hydrogen) atoms. The summed E-state index contributed by atoms with van der Waals surface area (Å²) in [5.41, 5.74) is 0. The maximum atomic E-state index is 13.7. The van der Waals surface area contributed by atoms with E-state index in [0.717, 1.165) is 12.1 Å². The van der Waals surface area contributed by atoms with E-state index in [1.54, 1.807) is 0 Å². The average molecular weight is 397 g/mol. The number of ether oxygens (including phenoxy) is 1. The lowest BCUT2D eigenvalue weighted by atomic mass is 10.3. The van der Waals surface area contributed by atoms with Crippen molar-refractivity contribution in [1.29, 1.82) is 0 Å². The summed E-state index contributed by atoms with van der Waals surface area (Å²) >= 11 is 8.75. The Morgan fingerprint density at radius 3 is 2.67 bits per heavy atom. The Morgan fingerprint density at radius 2 is 2.05 bits per heavy atom. The zero-order chi connectivity index (χ0) is 15.6. The van der Waals surface area contributed by atoms with Gasteiger partial charge in [0.05, 0.1) is 7.11 Å². The Kier molecular flexibility index (Phi) is 4.64. The summed E-state index contributed by atoms with van der Waals surface area (Å²) in [4.78, 5) is 6.93. The number of anilines is 1. The Morgan fingerprint density at radius 1 is 1.33 bits per heavy atom. The van der Waals surface area contributed by atoms with Crippen molar-refractivity contribution in [1.82, 2.24) is 9.97 Å². The highest BCUT2D eigenvalue weighted by Crippen LogP contribution is 2.22. The second kappa shape index (κ2) is 6.12. The predicted molar refractivity (Wildman–Crippen MR) is 78.5 cm³/mol. The topological polar surface area (TPSA) is 81.2 Å². The van der Waals surface area contributed by atoms with Crippen LogP contribution in [0.5, 0.6) is 5.88 Å². The van der Waals surface area contributed by atoms with Crippen LogP contribution in [0.4, 0.5) is 10.3 Å². The molecule has 6 nitrogen and oxygen atoms in total. The van der Waals surface area contributed by atoms with Crippen LogP contribution in [-0.4, -0.2) is 25.5 Å². The molecule has 1 N–H and O–H groups in total. The number of nitrogens with one attached hydrogen (secondary N) is 1. The van der Waals surface area contributed by atoms with Crippen molar-refractivity contribution in [2.45, 2.75) is 4.90 Å². The van der Waals surface area contributed by atoms with Gasteiger partial charge < -0.3 is 4.74 Å². The zero-order valence-electron chi connectivity index (χ0n) is 10.5. The number of sulfonamides is 1. The van der Waals surface area contributed by atoms with Gasteiger partial charge in [-0.05, 0) is 18.2 Å². The molecular formula is C11H8BrClFN3O3S. The molecule has 10 heteroatoms. The Balaban J connectivity index is 2.39. The summed E-state index contributed by atoms with van der Waals surface area (Å²) in [6.45, 7) is 0. The third-order valence-corrected chi connectivity index (χ3v) is 4.34. The molecule has 0 bridgehead atoms. The quantitative estimate of drug-likeness (QED) is 0.804. The zero-order valence-corrected chi connectivity index (χ0v) is 13.6. The van der Waals surface area contributed by atoms with Crippen molar-refractivity contribution >= 4 is 43.5 Å². The summed E-state index contributed by atoms with van der Waals surface area (Å²) in [5.74, 6) is -1.16. The Bertz CT molecular complexity index is 788. The molecule has 2 rings (SSSR count). The van der Waals surface area contributed by atoms with Crippen LogP contribution in [0.25, 0.3) is 0 Å². The molecule has 0 amide bonds. The van der Waals surface area contributed by atoms with E-state index in [1.807, 2.05) is 4.72 Å². The average Bonchev–Trinajstić information content (AvgIpc) is 2.36. The van der Waals surface area contributed by atoms with E-state index in [0.29, 0.717) is 4.47 Å². The summed E-state index contributed by atoms with van der Waals surface area (Å²) in [7, 11) is -2.85. The molecule has 112 valence electrons. The standard InChI is InChI=1S/C11H8BrClFN3O3S/c1-20-10-5-9(13)15-11(16-10)17-21(18,19)8-3-2-6(12)4-7(8)14/h2-5H,1H3,(H,15,16,17). The molecule has 1 heterocycles. The van der Waals surface area contributed by atoms with Gasteiger partial charge in [-0.25, -0.2) is 22.5 Å². The third-order valence-electron chi connectivity index (χ3n) is 2.29. The van der Waals surface area contributed by atoms with Gasteiger partial charge in [-0.1, -0.05) is 27.5 Å². The number of halogens is 3. The second-order valence-electron chi connectivity index (χ2n) is 3.74. The van der Waals surface area contributed by atoms with E-state index < -0.39 is 20.7 Å². The lowest BCUT2D eigenvalue weighted by Gasteiger charge is -2.09. The Hall–Kier alpha value is -1.45. The first-order valence-electron chi connectivity index (χ1n) is 5.38. The first-order valence-corrected chi connectivity index (χ1v) is 8.03. The van der Waals surface area contributed by atoms with Crippen molar-refractivity contribution in [3.63, 3.8) is 0 Å². The van der Waals surface area contributed by atoms with Crippen molar-refractivity contribution in [3.05, 3.63) is 39.7 Å². The third kappa shape index (κ3) is 3.80. The van der Waals surface area contributed by atoms with Gasteiger partial charge in [0.1, 0.15) is 15.9 Å². The van der Waals surface area contributed by atoms with Crippen LogP contribution in [0.1, 0.15) is 0 Å². The summed E-state index contributed by atoms with van der Waals surface area (Å²) in [5, 5.41) is -0.0178. The molecule has 0 saturated carbocycles. The largest absolute Gasteiger partial charge is 0.481 e. The highest BCUT2D eigenvalue weighted by atomic mass is 79.9. The Labute approximate surface area is 133 Å². The smallest absolute Gasteiger partial charge is 0.267 e. The van der Waals surface area contributed by atoms with E-state index >= 15 is 0 Å². The van der Waals surface area contributed by atoms with Crippen molar-refractivity contribution in [2.24, 2.45) is 0 Å². The van der Waals surface area contributed by atoms with Gasteiger partial charge in [-0.15, -0.1) is 0 Å². The molecule has 2 aromatic rings. The summed E-state index contributed by atoms with van der Waals surface area (Å²) < 4.78 is 45.3. The van der Waals surface area contributed by atoms with Crippen LogP contribution >= 0.6 is 27.5 Å². The van der Waals surface area contributed by atoms with Gasteiger partial charge >= 0.3 is 0 Å². The minimum atomic E-state index is -4.19. The molecule has 0 radical (unpaired) electrons. The van der Waals surface area contributed by atoms with Gasteiger partial charge in [0, 0.05) is 10.5 Å². The number of hydrogen-bond acceptors (Lipinski definition) is 5. The van der Waals surface area contributed by atoms with E-state index in [4.69, 9.17) is 16.3 Å². The SMILES string of the molecule is COc1cc(Cl)nc(NS(=O)(=O)c2ccc(Br)cc2F)n1. The first-order chi connectivity index (χ1) is 9.81. The molecule has 0 spiro atoms. The number of hydrogen-bond donors (Lipinski definition) is 1. The van der Waals surface area contributed by atoms with Crippen molar-refractivity contribution < 1.29 is 17.5 Å². The fraction of sp³-hybridized carbons (Fsp3) is 0.0909. The first kappa shape index (κ1) is 15.9. The van der Waals surface area contributed by atoms with Crippen LogP contribution in [-0.2, 0) is 10.0 Å². The van der Waals surface area contributed by atoms with Gasteiger partial charge in [0.2, 0.25) is 11.8 Å². The van der Waals surface area contributed by atoms with Crippen molar-refractivity contribution in [2.75, 3.05) is 11.8 Å². The fourth-order valence-electron chi connectivity index (χ4n) is 1.42. The van der Waals surface area contributed by atoms with Gasteiger partial charge in [-0.3, -0.25) is 0 Å². The fourth-order valence-corrected chi connectivity index (χ4v) is 2.93. The minimum Gasteiger partial charge on any atom is -0.481 e. The van der Waals surface area contributed by atoms with Gasteiger partial charge in [0.25, 0.3) is 10.0 Å². The normalized spacial score (nSPS) is 11.2. The number of nitrogens with zero attached hydrogens (tertiary/aromatic N) is 2. The predicted octanol–water partition coefficient (Wildman–Crippen LogP) is 2.84. The minimum absolute atomic E-state index is 0.0178. The lowest BCUT2D eigenvalue weighted by molar-refractivity contribution is 0.397. The molecule has 0 unspecified atom stereocenters. The van der Waals surface area contributed by atoms with Gasteiger partial charge in [-0.2, -0.15) is 4.98 Å².